The number of hydrogen-bond donors (Lipinski definition) is 1. The number of oxazole rings is 1. The molecule has 0 radical (unpaired) electrons. The molecule has 1 saturated heterocycles. The van der Waals surface area contributed by atoms with Gasteiger partial charge in [0.15, 0.2) is 23.7 Å². The van der Waals surface area contributed by atoms with Crippen molar-refractivity contribution in [2.75, 3.05) is 6.54 Å². The lowest BCUT2D eigenvalue weighted by atomic mass is 10.00. The van der Waals surface area contributed by atoms with Crippen LogP contribution in [0.5, 0.6) is 0 Å². The van der Waals surface area contributed by atoms with Crippen molar-refractivity contribution in [1.82, 2.24) is 9.88 Å². The largest absolute Gasteiger partial charge is 0.444 e. The van der Waals surface area contributed by atoms with E-state index in [9.17, 15) is 19.5 Å². The van der Waals surface area contributed by atoms with E-state index in [0.29, 0.717) is 23.3 Å². The van der Waals surface area contributed by atoms with Gasteiger partial charge in [-0.1, -0.05) is 36.4 Å². The zero-order valence-corrected chi connectivity index (χ0v) is 17.7. The first-order valence-electron chi connectivity index (χ1n) is 10.5. The third-order valence-corrected chi connectivity index (χ3v) is 5.76. The molecule has 1 aromatic heterocycles. The number of aliphatic hydroxyl groups excluding tert-OH is 1. The Morgan fingerprint density at radius 3 is 2.56 bits per heavy atom. The average Bonchev–Trinajstić information content (AvgIpc) is 3.47. The van der Waals surface area contributed by atoms with E-state index in [1.807, 2.05) is 24.3 Å². The number of benzene rings is 2. The lowest BCUT2D eigenvalue weighted by Crippen LogP contribution is -2.40. The molecular weight excluding hydrogens is 408 g/mol. The minimum atomic E-state index is -0.745. The summed E-state index contributed by atoms with van der Waals surface area (Å²) in [5, 5.41) is 10.1. The Bertz CT molecular complexity index is 1120. The van der Waals surface area contributed by atoms with Crippen molar-refractivity contribution in [2.24, 2.45) is 0 Å². The van der Waals surface area contributed by atoms with E-state index in [1.165, 1.54) is 24.3 Å². The topological polar surface area (TPSA) is 101 Å². The fraction of sp³-hybridized carbons (Fsp3) is 0.280. The Kier molecular flexibility index (Phi) is 6.28. The predicted molar refractivity (Wildman–Crippen MR) is 117 cm³/mol. The number of Topliss-reactive ketones (excluding diaryl/α,β-unsaturated/α-hetero) is 2. The van der Waals surface area contributed by atoms with Gasteiger partial charge in [-0.05, 0) is 31.0 Å². The lowest BCUT2D eigenvalue weighted by Gasteiger charge is -2.23. The number of aromatic nitrogens is 1. The van der Waals surface area contributed by atoms with Gasteiger partial charge in [-0.15, -0.1) is 0 Å². The smallest absolute Gasteiger partial charge is 0.254 e. The van der Waals surface area contributed by atoms with Crippen molar-refractivity contribution in [1.29, 1.82) is 0 Å². The molecule has 2 aromatic carbocycles. The van der Waals surface area contributed by atoms with Gasteiger partial charge < -0.3 is 14.4 Å². The third kappa shape index (κ3) is 4.68. The fourth-order valence-corrected chi connectivity index (χ4v) is 4.01. The second kappa shape index (κ2) is 9.28. The number of aryl methyl sites for hydroxylation is 1. The van der Waals surface area contributed by atoms with Gasteiger partial charge in [0, 0.05) is 36.1 Å². The maximum absolute atomic E-state index is 13.0. The molecule has 1 amide bonds. The number of likely N-dealkylation sites (tertiary alicyclic amines) is 1. The molecule has 0 aliphatic carbocycles. The maximum atomic E-state index is 13.0. The normalized spacial score (nSPS) is 18.0. The minimum Gasteiger partial charge on any atom is -0.444 e. The molecule has 3 aromatic rings. The summed E-state index contributed by atoms with van der Waals surface area (Å²) in [7, 11) is 0. The van der Waals surface area contributed by atoms with Gasteiger partial charge in [0.05, 0.1) is 18.3 Å². The number of aliphatic hydroxyl groups is 1. The summed E-state index contributed by atoms with van der Waals surface area (Å²) >= 11 is 0. The molecule has 1 N–H and O–H groups in total. The van der Waals surface area contributed by atoms with Crippen LogP contribution in [0.15, 0.2) is 65.5 Å². The van der Waals surface area contributed by atoms with Crippen LogP contribution >= 0.6 is 0 Å². The highest BCUT2D eigenvalue weighted by Gasteiger charge is 2.38. The molecule has 32 heavy (non-hydrogen) atoms. The molecule has 1 fully saturated rings. The van der Waals surface area contributed by atoms with Crippen LogP contribution in [0, 0.1) is 0 Å². The Labute approximate surface area is 185 Å². The summed E-state index contributed by atoms with van der Waals surface area (Å²) < 4.78 is 5.28. The molecule has 7 nitrogen and oxygen atoms in total. The number of rotatable bonds is 7. The van der Waals surface area contributed by atoms with Crippen LogP contribution in [0.25, 0.3) is 11.3 Å². The van der Waals surface area contributed by atoms with E-state index in [0.717, 1.165) is 11.1 Å². The van der Waals surface area contributed by atoms with Crippen LogP contribution < -0.4 is 0 Å². The summed E-state index contributed by atoms with van der Waals surface area (Å²) in [5.41, 5.74) is 2.67. The van der Waals surface area contributed by atoms with Gasteiger partial charge in [0.25, 0.3) is 5.91 Å². The second-order valence-electron chi connectivity index (χ2n) is 8.03. The van der Waals surface area contributed by atoms with Crippen LogP contribution in [-0.4, -0.2) is 51.2 Å². The van der Waals surface area contributed by atoms with E-state index in [-0.39, 0.29) is 36.9 Å². The highest BCUT2D eigenvalue weighted by atomic mass is 16.3. The molecule has 2 atom stereocenters. The number of hydrogen-bond acceptors (Lipinski definition) is 6. The van der Waals surface area contributed by atoms with Gasteiger partial charge in [0.2, 0.25) is 0 Å². The molecule has 7 heteroatoms. The van der Waals surface area contributed by atoms with E-state index in [1.54, 1.807) is 24.4 Å². The van der Waals surface area contributed by atoms with E-state index in [2.05, 4.69) is 4.98 Å². The van der Waals surface area contributed by atoms with Crippen molar-refractivity contribution in [3.8, 4) is 11.3 Å². The lowest BCUT2D eigenvalue weighted by molar-refractivity contribution is -0.122. The van der Waals surface area contributed by atoms with Crippen LogP contribution in [0.2, 0.25) is 0 Å². The molecule has 0 unspecified atom stereocenters. The first kappa shape index (κ1) is 21.6. The van der Waals surface area contributed by atoms with Gasteiger partial charge in [-0.25, -0.2) is 4.98 Å². The fourth-order valence-electron chi connectivity index (χ4n) is 4.01. The summed E-state index contributed by atoms with van der Waals surface area (Å²) in [5.74, 6) is 0.106. The zero-order chi connectivity index (χ0) is 22.7. The van der Waals surface area contributed by atoms with Crippen LogP contribution in [0.4, 0.5) is 0 Å². The minimum absolute atomic E-state index is 0.0862. The SMILES string of the molecule is CC(=O)c1cccc(C(=O)N2C[C@H](O)C[C@H]2C(=O)CCc2ccc(-c3cnco3)cc2)c1. The number of ketones is 2. The number of amides is 1. The molecule has 164 valence electrons. The maximum Gasteiger partial charge on any atom is 0.254 e. The Balaban J connectivity index is 1.42. The quantitative estimate of drug-likeness (QED) is 0.575. The van der Waals surface area contributed by atoms with E-state index < -0.39 is 12.1 Å². The van der Waals surface area contributed by atoms with Crippen molar-refractivity contribution < 1.29 is 23.9 Å². The first-order valence-corrected chi connectivity index (χ1v) is 10.5. The summed E-state index contributed by atoms with van der Waals surface area (Å²) in [4.78, 5) is 43.0. The summed E-state index contributed by atoms with van der Waals surface area (Å²) in [6, 6.07) is 13.5. The zero-order valence-electron chi connectivity index (χ0n) is 17.7. The molecule has 0 bridgehead atoms. The number of β-amino-alcohol motifs (C(OH)–C–C–N with tert-alkyl or cyclic N) is 1. The van der Waals surface area contributed by atoms with E-state index in [4.69, 9.17) is 4.42 Å². The number of carbonyl (C=O) groups is 3. The first-order chi connectivity index (χ1) is 15.4. The van der Waals surface area contributed by atoms with Crippen LogP contribution in [0.1, 0.15) is 46.0 Å². The highest BCUT2D eigenvalue weighted by Crippen LogP contribution is 2.24. The second-order valence-corrected chi connectivity index (χ2v) is 8.03. The van der Waals surface area contributed by atoms with Crippen molar-refractivity contribution in [2.45, 2.75) is 38.3 Å². The Hall–Kier alpha value is -3.58. The average molecular weight is 432 g/mol. The van der Waals surface area contributed by atoms with Gasteiger partial charge in [-0.3, -0.25) is 14.4 Å². The Morgan fingerprint density at radius 2 is 1.88 bits per heavy atom. The molecule has 2 heterocycles. The number of carbonyl (C=O) groups excluding carboxylic acids is 3. The van der Waals surface area contributed by atoms with Gasteiger partial charge in [0.1, 0.15) is 0 Å². The third-order valence-electron chi connectivity index (χ3n) is 5.76. The molecule has 4 rings (SSSR count). The summed E-state index contributed by atoms with van der Waals surface area (Å²) in [6.07, 6.45) is 3.29. The molecule has 1 aliphatic heterocycles. The van der Waals surface area contributed by atoms with Crippen molar-refractivity contribution >= 4 is 17.5 Å². The number of nitrogens with zero attached hydrogens (tertiary/aromatic N) is 2. The van der Waals surface area contributed by atoms with Crippen molar-refractivity contribution in [3.05, 3.63) is 77.8 Å². The van der Waals surface area contributed by atoms with Crippen LogP contribution in [-0.2, 0) is 11.2 Å². The van der Waals surface area contributed by atoms with Gasteiger partial charge in [-0.2, -0.15) is 0 Å². The molecular formula is C25H24N2O5. The highest BCUT2D eigenvalue weighted by molar-refractivity contribution is 6.01. The van der Waals surface area contributed by atoms with E-state index >= 15 is 0 Å². The van der Waals surface area contributed by atoms with Gasteiger partial charge >= 0.3 is 0 Å². The van der Waals surface area contributed by atoms with Crippen LogP contribution in [0.3, 0.4) is 0 Å². The molecule has 0 spiro atoms. The van der Waals surface area contributed by atoms with Crippen molar-refractivity contribution in [3.63, 3.8) is 0 Å². The monoisotopic (exact) mass is 432 g/mol. The summed E-state index contributed by atoms with van der Waals surface area (Å²) in [6.45, 7) is 1.54. The molecule has 1 aliphatic rings. The predicted octanol–water partition coefficient (Wildman–Crippen LogP) is 3.32. The Morgan fingerprint density at radius 1 is 1.12 bits per heavy atom. The molecule has 0 saturated carbocycles. The standard InChI is InChI=1S/C25H24N2O5/c1-16(28)19-3-2-4-20(11-19)25(31)27-14-21(29)12-22(27)23(30)10-7-17-5-8-18(9-6-17)24-13-26-15-32-24/h2-6,8-9,11,13,15,21-22,29H,7,10,12,14H2,1H3/t21-,22+/m1/s1.